The van der Waals surface area contributed by atoms with Gasteiger partial charge in [-0.15, -0.1) is 11.3 Å². The Bertz CT molecular complexity index is 1380. The van der Waals surface area contributed by atoms with Crippen LogP contribution in [0.25, 0.3) is 16.1 Å². The minimum Gasteiger partial charge on any atom is -0.383 e. The quantitative estimate of drug-likeness (QED) is 0.412. The van der Waals surface area contributed by atoms with E-state index in [-0.39, 0.29) is 12.1 Å². The third-order valence-electron chi connectivity index (χ3n) is 4.93. The summed E-state index contributed by atoms with van der Waals surface area (Å²) in [6, 6.07) is 1.36. The molecule has 4 aromatic heterocycles. The average Bonchev–Trinajstić information content (AvgIpc) is 3.37. The highest BCUT2D eigenvalue weighted by Crippen LogP contribution is 2.10. The minimum absolute atomic E-state index is 0.0845. The van der Waals surface area contributed by atoms with Crippen molar-refractivity contribution in [3.8, 4) is 0 Å². The van der Waals surface area contributed by atoms with Crippen LogP contribution in [0.15, 0.2) is 38.4 Å². The van der Waals surface area contributed by atoms with Gasteiger partial charge in [0.2, 0.25) is 0 Å². The highest BCUT2D eigenvalue weighted by molar-refractivity contribution is 7.15. The Morgan fingerprint density at radius 3 is 2.77 bits per heavy atom. The standard InChI is InChI=1S/C19H22N6O4S/c1-3-4-5-24-16-15(22(12-20-16)6-8-29-2)17(27)25(19(24)28)11-13-10-14(26)23-7-9-30-18(23)21-13/h7,9-10,12H,3-6,8,11H2,1-2H3. The lowest BCUT2D eigenvalue weighted by Gasteiger charge is -2.12. The molecule has 0 aromatic carbocycles. The summed E-state index contributed by atoms with van der Waals surface area (Å²) in [5, 5.41) is 1.76. The summed E-state index contributed by atoms with van der Waals surface area (Å²) in [6.07, 6.45) is 4.87. The Morgan fingerprint density at radius 1 is 1.17 bits per heavy atom. The molecule has 4 aromatic rings. The molecule has 0 unspecified atom stereocenters. The molecule has 0 atom stereocenters. The number of thiazole rings is 1. The van der Waals surface area contributed by atoms with E-state index in [0.717, 1.165) is 17.4 Å². The van der Waals surface area contributed by atoms with E-state index < -0.39 is 11.2 Å². The molecular weight excluding hydrogens is 408 g/mol. The Balaban J connectivity index is 1.89. The van der Waals surface area contributed by atoms with Crippen LogP contribution in [0, 0.1) is 0 Å². The smallest absolute Gasteiger partial charge is 0.333 e. The van der Waals surface area contributed by atoms with E-state index in [1.807, 2.05) is 6.92 Å². The van der Waals surface area contributed by atoms with E-state index in [1.54, 1.807) is 29.6 Å². The lowest BCUT2D eigenvalue weighted by Crippen LogP contribution is -2.41. The monoisotopic (exact) mass is 430 g/mol. The third-order valence-corrected chi connectivity index (χ3v) is 5.69. The number of hydrogen-bond donors (Lipinski definition) is 0. The third kappa shape index (κ3) is 3.50. The maximum absolute atomic E-state index is 13.3. The van der Waals surface area contributed by atoms with E-state index in [9.17, 15) is 14.4 Å². The van der Waals surface area contributed by atoms with Gasteiger partial charge in [-0.2, -0.15) is 0 Å². The van der Waals surface area contributed by atoms with Crippen molar-refractivity contribution in [1.82, 2.24) is 28.1 Å². The van der Waals surface area contributed by atoms with E-state index in [0.29, 0.717) is 41.5 Å². The molecule has 4 heterocycles. The topological polar surface area (TPSA) is 105 Å². The summed E-state index contributed by atoms with van der Waals surface area (Å²) in [5.74, 6) is 0. The molecule has 0 N–H and O–H groups in total. The molecule has 4 rings (SSSR count). The number of imidazole rings is 1. The molecule has 0 saturated carbocycles. The number of unbranched alkanes of at least 4 members (excludes halogenated alkanes) is 1. The second-order valence-electron chi connectivity index (χ2n) is 6.92. The first-order chi connectivity index (χ1) is 14.5. The molecule has 11 heteroatoms. The Morgan fingerprint density at radius 2 is 2.00 bits per heavy atom. The first kappa shape index (κ1) is 20.2. The molecule has 10 nitrogen and oxygen atoms in total. The zero-order valence-electron chi connectivity index (χ0n) is 16.8. The van der Waals surface area contributed by atoms with Crippen molar-refractivity contribution in [1.29, 1.82) is 0 Å². The molecule has 0 saturated heterocycles. The van der Waals surface area contributed by atoms with E-state index in [4.69, 9.17) is 4.74 Å². The molecule has 0 radical (unpaired) electrons. The number of rotatable bonds is 8. The Kier molecular flexibility index (Phi) is 5.64. The number of methoxy groups -OCH3 is 1. The van der Waals surface area contributed by atoms with Crippen molar-refractivity contribution in [3.63, 3.8) is 0 Å². The molecule has 0 amide bonds. The molecule has 0 fully saturated rings. The number of aryl methyl sites for hydroxylation is 1. The zero-order chi connectivity index (χ0) is 21.3. The molecule has 0 spiro atoms. The van der Waals surface area contributed by atoms with Gasteiger partial charge in [0.1, 0.15) is 0 Å². The van der Waals surface area contributed by atoms with Crippen LogP contribution < -0.4 is 16.8 Å². The van der Waals surface area contributed by atoms with E-state index >= 15 is 0 Å². The van der Waals surface area contributed by atoms with Crippen molar-refractivity contribution in [2.45, 2.75) is 39.4 Å². The predicted octanol–water partition coefficient (Wildman–Crippen LogP) is 0.924. The van der Waals surface area contributed by atoms with Crippen LogP contribution in [0.3, 0.4) is 0 Å². The van der Waals surface area contributed by atoms with Crippen molar-refractivity contribution < 1.29 is 4.74 Å². The number of ether oxygens (including phenoxy) is 1. The van der Waals surface area contributed by atoms with Crippen LogP contribution >= 0.6 is 11.3 Å². The molecule has 0 aliphatic rings. The first-order valence-electron chi connectivity index (χ1n) is 9.68. The molecule has 30 heavy (non-hydrogen) atoms. The predicted molar refractivity (Wildman–Crippen MR) is 113 cm³/mol. The lowest BCUT2D eigenvalue weighted by molar-refractivity contribution is 0.188. The molecule has 0 bridgehead atoms. The highest BCUT2D eigenvalue weighted by atomic mass is 32.1. The molecule has 0 aliphatic heterocycles. The van der Waals surface area contributed by atoms with Gasteiger partial charge in [-0.3, -0.25) is 23.1 Å². The lowest BCUT2D eigenvalue weighted by atomic mass is 10.3. The molecule has 158 valence electrons. The van der Waals surface area contributed by atoms with Crippen molar-refractivity contribution in [2.24, 2.45) is 0 Å². The maximum atomic E-state index is 13.3. The van der Waals surface area contributed by atoms with Crippen LogP contribution in [0.5, 0.6) is 0 Å². The normalized spacial score (nSPS) is 11.7. The number of nitrogens with zero attached hydrogens (tertiary/aromatic N) is 6. The zero-order valence-corrected chi connectivity index (χ0v) is 17.6. The van der Waals surface area contributed by atoms with Crippen LogP contribution in [0.2, 0.25) is 0 Å². The van der Waals surface area contributed by atoms with Crippen LogP contribution in [-0.2, 0) is 24.4 Å². The SMILES string of the molecule is CCCCn1c(=O)n(Cc2cc(=O)n3ccsc3n2)c(=O)c2c1ncn2CCOC. The highest BCUT2D eigenvalue weighted by Gasteiger charge is 2.19. The van der Waals surface area contributed by atoms with Gasteiger partial charge in [0.25, 0.3) is 11.1 Å². The van der Waals surface area contributed by atoms with Gasteiger partial charge in [0.15, 0.2) is 16.1 Å². The average molecular weight is 430 g/mol. The van der Waals surface area contributed by atoms with Crippen molar-refractivity contribution in [2.75, 3.05) is 13.7 Å². The summed E-state index contributed by atoms with van der Waals surface area (Å²) < 4.78 is 10.9. The summed E-state index contributed by atoms with van der Waals surface area (Å²) in [5.41, 5.74) is -0.0762. The fourth-order valence-corrected chi connectivity index (χ4v) is 4.12. The second kappa shape index (κ2) is 8.36. The number of aromatic nitrogens is 6. The number of hydrogen-bond acceptors (Lipinski definition) is 7. The van der Waals surface area contributed by atoms with Gasteiger partial charge in [-0.25, -0.2) is 14.8 Å². The fraction of sp³-hybridized carbons (Fsp3) is 0.421. The fourth-order valence-electron chi connectivity index (χ4n) is 3.39. The van der Waals surface area contributed by atoms with Crippen molar-refractivity contribution >= 4 is 27.5 Å². The van der Waals surface area contributed by atoms with Crippen LogP contribution in [-0.4, -0.2) is 41.8 Å². The maximum Gasteiger partial charge on any atom is 0.333 e. The Labute approximate surface area is 174 Å². The van der Waals surface area contributed by atoms with Crippen molar-refractivity contribution in [3.05, 3.63) is 60.9 Å². The second-order valence-corrected chi connectivity index (χ2v) is 7.80. The summed E-state index contributed by atoms with van der Waals surface area (Å²) >= 11 is 1.32. The van der Waals surface area contributed by atoms with E-state index in [2.05, 4.69) is 9.97 Å². The summed E-state index contributed by atoms with van der Waals surface area (Å²) in [4.78, 5) is 48.0. The van der Waals surface area contributed by atoms with Gasteiger partial charge in [0.05, 0.1) is 25.2 Å². The minimum atomic E-state index is -0.454. The van der Waals surface area contributed by atoms with Gasteiger partial charge in [-0.05, 0) is 6.42 Å². The largest absolute Gasteiger partial charge is 0.383 e. The van der Waals surface area contributed by atoms with Crippen LogP contribution in [0.4, 0.5) is 0 Å². The summed E-state index contributed by atoms with van der Waals surface area (Å²) in [7, 11) is 1.58. The van der Waals surface area contributed by atoms with Crippen LogP contribution in [0.1, 0.15) is 25.5 Å². The summed E-state index contributed by atoms with van der Waals surface area (Å²) in [6.45, 7) is 3.25. The molecular formula is C19H22N6O4S. The van der Waals surface area contributed by atoms with E-state index in [1.165, 1.54) is 26.4 Å². The number of fused-ring (bicyclic) bond motifs is 2. The Hall–Kier alpha value is -3.05. The first-order valence-corrected chi connectivity index (χ1v) is 10.6. The van der Waals surface area contributed by atoms with Gasteiger partial charge in [-0.1, -0.05) is 13.3 Å². The van der Waals surface area contributed by atoms with Gasteiger partial charge in [0, 0.05) is 37.8 Å². The molecule has 0 aliphatic carbocycles. The van der Waals surface area contributed by atoms with Gasteiger partial charge >= 0.3 is 5.69 Å². The van der Waals surface area contributed by atoms with Gasteiger partial charge < -0.3 is 9.30 Å².